The first kappa shape index (κ1) is 14.2. The molecule has 0 unspecified atom stereocenters. The van der Waals surface area contributed by atoms with E-state index in [-0.39, 0.29) is 12.4 Å². The predicted octanol–water partition coefficient (Wildman–Crippen LogP) is 0.775. The second-order valence-electron chi connectivity index (χ2n) is 4.08. The molecule has 0 saturated heterocycles. The van der Waals surface area contributed by atoms with Crippen LogP contribution in [0.15, 0.2) is 23.6 Å². The van der Waals surface area contributed by atoms with Crippen molar-refractivity contribution in [3.05, 3.63) is 24.0 Å². The number of oxime groups is 1. The van der Waals surface area contributed by atoms with Crippen LogP contribution >= 0.6 is 0 Å². The summed E-state index contributed by atoms with van der Waals surface area (Å²) < 4.78 is 0. The molecule has 0 aliphatic rings. The largest absolute Gasteiger partial charge is 0.409 e. The molecule has 0 amide bonds. The van der Waals surface area contributed by atoms with Crippen molar-refractivity contribution in [2.45, 2.75) is 19.3 Å². The first-order valence-corrected chi connectivity index (χ1v) is 5.94. The number of unbranched alkanes of at least 4 members (excludes halogenated alkanes) is 2. The van der Waals surface area contributed by atoms with Crippen molar-refractivity contribution < 1.29 is 10.3 Å². The van der Waals surface area contributed by atoms with E-state index in [1.165, 1.54) is 0 Å². The fraction of sp³-hybridized carbons (Fsp3) is 0.500. The number of aliphatic hydroxyl groups excluding tert-OH is 1. The van der Waals surface area contributed by atoms with Gasteiger partial charge in [-0.1, -0.05) is 5.16 Å². The summed E-state index contributed by atoms with van der Waals surface area (Å²) in [6, 6.07) is 1.72. The van der Waals surface area contributed by atoms with Crippen molar-refractivity contribution in [3.63, 3.8) is 0 Å². The van der Waals surface area contributed by atoms with Crippen LogP contribution in [0.25, 0.3) is 0 Å². The molecule has 0 aliphatic heterocycles. The van der Waals surface area contributed by atoms with Crippen LogP contribution in [0.5, 0.6) is 0 Å². The minimum atomic E-state index is 0.0783. The summed E-state index contributed by atoms with van der Waals surface area (Å²) in [6.45, 7) is 1.06. The standard InChI is InChI=1S/C12H20N4O2/c1-16(7-3-2-4-8-17)11-9-14-6-5-10(11)12(13)15-18/h5-6,9,17-18H,2-4,7-8H2,1H3,(H2,13,15). The molecular formula is C12H20N4O2. The highest BCUT2D eigenvalue weighted by molar-refractivity contribution is 6.01. The quantitative estimate of drug-likeness (QED) is 0.219. The van der Waals surface area contributed by atoms with E-state index >= 15 is 0 Å². The lowest BCUT2D eigenvalue weighted by atomic mass is 10.2. The highest BCUT2D eigenvalue weighted by atomic mass is 16.4. The van der Waals surface area contributed by atoms with Crippen molar-refractivity contribution in [1.82, 2.24) is 4.98 Å². The molecule has 0 spiro atoms. The molecule has 0 saturated carbocycles. The fourth-order valence-electron chi connectivity index (χ4n) is 1.72. The molecule has 0 aliphatic carbocycles. The lowest BCUT2D eigenvalue weighted by Gasteiger charge is -2.21. The first-order valence-electron chi connectivity index (χ1n) is 5.94. The number of hydrogen-bond acceptors (Lipinski definition) is 5. The van der Waals surface area contributed by atoms with Gasteiger partial charge in [0, 0.05) is 32.0 Å². The van der Waals surface area contributed by atoms with Crippen LogP contribution in [0.1, 0.15) is 24.8 Å². The maximum atomic E-state index is 8.74. The van der Waals surface area contributed by atoms with Gasteiger partial charge in [-0.25, -0.2) is 0 Å². The lowest BCUT2D eigenvalue weighted by Crippen LogP contribution is -2.24. The van der Waals surface area contributed by atoms with Gasteiger partial charge in [-0.2, -0.15) is 0 Å². The maximum Gasteiger partial charge on any atom is 0.172 e. The first-order chi connectivity index (χ1) is 8.70. The Morgan fingerprint density at radius 2 is 2.22 bits per heavy atom. The van der Waals surface area contributed by atoms with E-state index in [0.717, 1.165) is 31.5 Å². The average Bonchev–Trinajstić information content (AvgIpc) is 2.42. The van der Waals surface area contributed by atoms with E-state index < -0.39 is 0 Å². The number of aromatic nitrogens is 1. The zero-order valence-corrected chi connectivity index (χ0v) is 10.6. The Morgan fingerprint density at radius 1 is 1.44 bits per heavy atom. The Morgan fingerprint density at radius 3 is 2.89 bits per heavy atom. The van der Waals surface area contributed by atoms with Gasteiger partial charge in [-0.3, -0.25) is 4.98 Å². The van der Waals surface area contributed by atoms with Crippen LogP contribution in [0.3, 0.4) is 0 Å². The molecule has 0 bridgehead atoms. The van der Waals surface area contributed by atoms with Gasteiger partial charge in [0.2, 0.25) is 0 Å². The molecule has 1 heterocycles. The van der Waals surface area contributed by atoms with E-state index in [9.17, 15) is 0 Å². The third kappa shape index (κ3) is 3.89. The van der Waals surface area contributed by atoms with Crippen molar-refractivity contribution in [1.29, 1.82) is 0 Å². The minimum Gasteiger partial charge on any atom is -0.409 e. The Kier molecular flexibility index (Phi) is 5.93. The second-order valence-corrected chi connectivity index (χ2v) is 4.08. The molecule has 0 radical (unpaired) electrons. The topological polar surface area (TPSA) is 95.0 Å². The SMILES string of the molecule is CN(CCCCCO)c1cnccc1/C(N)=N/O. The van der Waals surface area contributed by atoms with E-state index in [1.807, 2.05) is 11.9 Å². The molecule has 18 heavy (non-hydrogen) atoms. The molecule has 1 aromatic heterocycles. The molecular weight excluding hydrogens is 232 g/mol. The van der Waals surface area contributed by atoms with Gasteiger partial charge in [0.1, 0.15) is 0 Å². The Bertz CT molecular complexity index is 395. The second kappa shape index (κ2) is 7.50. The minimum absolute atomic E-state index is 0.0783. The number of amidine groups is 1. The van der Waals surface area contributed by atoms with E-state index in [4.69, 9.17) is 16.0 Å². The van der Waals surface area contributed by atoms with Gasteiger partial charge in [0.25, 0.3) is 0 Å². The maximum absolute atomic E-state index is 8.74. The van der Waals surface area contributed by atoms with E-state index in [0.29, 0.717) is 5.56 Å². The third-order valence-electron chi connectivity index (χ3n) is 2.75. The van der Waals surface area contributed by atoms with Gasteiger partial charge in [-0.05, 0) is 25.3 Å². The summed E-state index contributed by atoms with van der Waals surface area (Å²) in [4.78, 5) is 6.07. The molecule has 0 atom stereocenters. The van der Waals surface area contributed by atoms with Crippen LogP contribution in [-0.2, 0) is 0 Å². The van der Waals surface area contributed by atoms with Gasteiger partial charge >= 0.3 is 0 Å². The molecule has 0 fully saturated rings. The van der Waals surface area contributed by atoms with Gasteiger partial charge in [0.05, 0.1) is 11.9 Å². The molecule has 6 nitrogen and oxygen atoms in total. The van der Waals surface area contributed by atoms with Crippen LogP contribution in [0, 0.1) is 0 Å². The molecule has 6 heteroatoms. The Labute approximate surface area is 107 Å². The number of nitrogens with zero attached hydrogens (tertiary/aromatic N) is 3. The van der Waals surface area contributed by atoms with Crippen molar-refractivity contribution in [2.24, 2.45) is 10.9 Å². The normalized spacial score (nSPS) is 11.6. The van der Waals surface area contributed by atoms with Crippen LogP contribution in [0.2, 0.25) is 0 Å². The molecule has 1 rings (SSSR count). The summed E-state index contributed by atoms with van der Waals surface area (Å²) in [6.07, 6.45) is 6.06. The van der Waals surface area contributed by atoms with Crippen molar-refractivity contribution in [2.75, 3.05) is 25.1 Å². The lowest BCUT2D eigenvalue weighted by molar-refractivity contribution is 0.283. The summed E-state index contributed by atoms with van der Waals surface area (Å²) in [7, 11) is 1.93. The van der Waals surface area contributed by atoms with Gasteiger partial charge in [-0.15, -0.1) is 0 Å². The van der Waals surface area contributed by atoms with E-state index in [2.05, 4.69) is 10.1 Å². The Balaban J connectivity index is 2.70. The zero-order valence-electron chi connectivity index (χ0n) is 10.6. The number of hydrogen-bond donors (Lipinski definition) is 3. The van der Waals surface area contributed by atoms with Crippen molar-refractivity contribution in [3.8, 4) is 0 Å². The molecule has 100 valence electrons. The number of aliphatic hydroxyl groups is 1. The number of rotatable bonds is 7. The average molecular weight is 252 g/mol. The molecule has 0 aromatic carbocycles. The third-order valence-corrected chi connectivity index (χ3v) is 2.75. The van der Waals surface area contributed by atoms with Crippen LogP contribution in [-0.4, -0.2) is 41.3 Å². The highest BCUT2D eigenvalue weighted by Gasteiger charge is 2.10. The van der Waals surface area contributed by atoms with E-state index in [1.54, 1.807) is 18.5 Å². The summed E-state index contributed by atoms with van der Waals surface area (Å²) in [5.41, 5.74) is 7.12. The summed E-state index contributed by atoms with van der Waals surface area (Å²) in [5.74, 6) is 0.0783. The smallest absolute Gasteiger partial charge is 0.172 e. The fourth-order valence-corrected chi connectivity index (χ4v) is 1.72. The Hall–Kier alpha value is -1.82. The van der Waals surface area contributed by atoms with Gasteiger partial charge in [0.15, 0.2) is 5.84 Å². The molecule has 4 N–H and O–H groups in total. The van der Waals surface area contributed by atoms with Crippen molar-refractivity contribution >= 4 is 11.5 Å². The number of pyridine rings is 1. The predicted molar refractivity (Wildman–Crippen MR) is 71.0 cm³/mol. The highest BCUT2D eigenvalue weighted by Crippen LogP contribution is 2.18. The zero-order chi connectivity index (χ0) is 13.4. The summed E-state index contributed by atoms with van der Waals surface area (Å²) >= 11 is 0. The van der Waals surface area contributed by atoms with Crippen LogP contribution in [0.4, 0.5) is 5.69 Å². The molecule has 1 aromatic rings. The number of anilines is 1. The van der Waals surface area contributed by atoms with Crippen LogP contribution < -0.4 is 10.6 Å². The summed E-state index contributed by atoms with van der Waals surface area (Å²) in [5, 5.41) is 20.5. The monoisotopic (exact) mass is 252 g/mol. The van der Waals surface area contributed by atoms with Gasteiger partial charge < -0.3 is 20.9 Å². The number of nitrogens with two attached hydrogens (primary N) is 1.